The van der Waals surface area contributed by atoms with Crippen molar-refractivity contribution in [1.29, 1.82) is 0 Å². The van der Waals surface area contributed by atoms with Crippen molar-refractivity contribution in [2.45, 2.75) is 225 Å². The highest BCUT2D eigenvalue weighted by molar-refractivity contribution is 7.81. The summed E-state index contributed by atoms with van der Waals surface area (Å²) in [5.41, 5.74) is 0. The Morgan fingerprint density at radius 2 is 0.723 bits per heavy atom. The van der Waals surface area contributed by atoms with Crippen LogP contribution in [0.25, 0.3) is 0 Å². The van der Waals surface area contributed by atoms with Gasteiger partial charge in [0.1, 0.15) is 0 Å². The van der Waals surface area contributed by atoms with E-state index in [1.54, 1.807) is 0 Å². The van der Waals surface area contributed by atoms with Crippen molar-refractivity contribution in [3.05, 3.63) is 0 Å². The standard InChI is InChI=1S/C39H76O7S/c1-3-5-7-9-11-13-15-17-19-21-23-25-27-29-31-33-37(41)39(46-47(43,44)45-36-35-40)38(42)34-32-30-28-26-24-22-20-18-16-14-12-10-8-6-4-2/h39-40H,3-36H2,1-2H3. The van der Waals surface area contributed by atoms with Gasteiger partial charge in [-0.3, -0.25) is 9.59 Å². The molecule has 0 aliphatic carbocycles. The van der Waals surface area contributed by atoms with Gasteiger partial charge in [-0.2, -0.15) is 8.42 Å². The number of rotatable bonds is 39. The minimum absolute atomic E-state index is 0.114. The molecule has 47 heavy (non-hydrogen) atoms. The Morgan fingerprint density at radius 3 is 0.979 bits per heavy atom. The molecular weight excluding hydrogens is 612 g/mol. The Balaban J connectivity index is 4.15. The topological polar surface area (TPSA) is 107 Å². The van der Waals surface area contributed by atoms with Crippen LogP contribution >= 0.6 is 0 Å². The maximum atomic E-state index is 12.9. The first-order valence-electron chi connectivity index (χ1n) is 20.1. The van der Waals surface area contributed by atoms with Gasteiger partial charge < -0.3 is 5.11 Å². The molecule has 0 amide bonds. The van der Waals surface area contributed by atoms with Gasteiger partial charge in [0.25, 0.3) is 0 Å². The SMILES string of the molecule is CCCCCCCCCCCCCCCCCC(=O)C(OS(=O)(=O)OCCO)C(=O)CCCCCCCCCCCCCCCCC. The zero-order chi connectivity index (χ0) is 34.7. The predicted octanol–water partition coefficient (Wildman–Crippen LogP) is 11.3. The summed E-state index contributed by atoms with van der Waals surface area (Å²) >= 11 is 0. The Bertz CT molecular complexity index is 753. The molecule has 0 aromatic heterocycles. The fraction of sp³-hybridized carbons (Fsp3) is 0.949. The number of carbonyl (C=O) groups excluding carboxylic acids is 2. The number of aliphatic hydroxyl groups is 1. The van der Waals surface area contributed by atoms with Crippen LogP contribution in [-0.2, 0) is 28.4 Å². The highest BCUT2D eigenvalue weighted by Gasteiger charge is 2.32. The van der Waals surface area contributed by atoms with Crippen molar-refractivity contribution >= 4 is 22.0 Å². The van der Waals surface area contributed by atoms with Gasteiger partial charge in [0.15, 0.2) is 17.7 Å². The van der Waals surface area contributed by atoms with Crippen molar-refractivity contribution in [1.82, 2.24) is 0 Å². The molecule has 0 fully saturated rings. The average Bonchev–Trinajstić information content (AvgIpc) is 3.06. The van der Waals surface area contributed by atoms with E-state index in [1.165, 1.54) is 141 Å². The van der Waals surface area contributed by atoms with Gasteiger partial charge in [-0.15, -0.1) is 0 Å². The average molecular weight is 689 g/mol. The van der Waals surface area contributed by atoms with Crippen molar-refractivity contribution in [2.24, 2.45) is 0 Å². The van der Waals surface area contributed by atoms with Crippen LogP contribution in [0.2, 0.25) is 0 Å². The molecule has 0 spiro atoms. The lowest BCUT2D eigenvalue weighted by Gasteiger charge is -2.15. The highest BCUT2D eigenvalue weighted by Crippen LogP contribution is 2.18. The molecule has 0 bridgehead atoms. The predicted molar refractivity (Wildman–Crippen MR) is 196 cm³/mol. The van der Waals surface area contributed by atoms with Gasteiger partial charge in [-0.1, -0.05) is 194 Å². The van der Waals surface area contributed by atoms with Gasteiger partial charge in [0.2, 0.25) is 0 Å². The van der Waals surface area contributed by atoms with E-state index >= 15 is 0 Å². The zero-order valence-electron chi connectivity index (χ0n) is 30.9. The summed E-state index contributed by atoms with van der Waals surface area (Å²) in [5, 5.41) is 8.91. The summed E-state index contributed by atoms with van der Waals surface area (Å²) in [6.45, 7) is 3.52. The van der Waals surface area contributed by atoms with Crippen LogP contribution in [0.15, 0.2) is 0 Å². The molecule has 0 aromatic carbocycles. The highest BCUT2D eigenvalue weighted by atomic mass is 32.3. The second-order valence-electron chi connectivity index (χ2n) is 13.8. The van der Waals surface area contributed by atoms with E-state index < -0.39 is 41.3 Å². The molecular formula is C39H76O7S. The first-order chi connectivity index (χ1) is 22.9. The molecule has 7 nitrogen and oxygen atoms in total. The summed E-state index contributed by atoms with van der Waals surface area (Å²) in [5.74, 6) is -0.997. The quantitative estimate of drug-likeness (QED) is 0.0506. The monoisotopic (exact) mass is 689 g/mol. The first-order valence-corrected chi connectivity index (χ1v) is 21.4. The maximum absolute atomic E-state index is 12.9. The molecule has 0 rings (SSSR count). The number of Topliss-reactive ketones (excluding diaryl/α,β-unsaturated/α-hetero) is 2. The fourth-order valence-corrected chi connectivity index (χ4v) is 6.96. The van der Waals surface area contributed by atoms with E-state index in [0.29, 0.717) is 12.8 Å². The maximum Gasteiger partial charge on any atom is 0.401 e. The van der Waals surface area contributed by atoms with Gasteiger partial charge in [0, 0.05) is 12.8 Å². The summed E-state index contributed by atoms with van der Waals surface area (Å²) in [4.78, 5) is 25.8. The van der Waals surface area contributed by atoms with Gasteiger partial charge in [0.05, 0.1) is 13.2 Å². The molecule has 0 saturated carbocycles. The third-order valence-corrected chi connectivity index (χ3v) is 10.1. The van der Waals surface area contributed by atoms with Crippen LogP contribution in [0.3, 0.4) is 0 Å². The summed E-state index contributed by atoms with van der Waals surface area (Å²) in [6.07, 6.45) is 35.0. The van der Waals surface area contributed by atoms with Crippen LogP contribution in [0.1, 0.15) is 219 Å². The minimum atomic E-state index is -4.55. The number of aliphatic hydroxyl groups excluding tert-OH is 1. The number of hydrogen-bond donors (Lipinski definition) is 1. The van der Waals surface area contributed by atoms with Crippen LogP contribution in [0.5, 0.6) is 0 Å². The van der Waals surface area contributed by atoms with Crippen molar-refractivity contribution in [3.8, 4) is 0 Å². The molecule has 1 N–H and O–H groups in total. The third-order valence-electron chi connectivity index (χ3n) is 9.17. The second kappa shape index (κ2) is 35.0. The molecule has 0 saturated heterocycles. The van der Waals surface area contributed by atoms with Crippen molar-refractivity contribution in [2.75, 3.05) is 13.2 Å². The Hall–Kier alpha value is -0.830. The number of unbranched alkanes of at least 4 members (excludes halogenated alkanes) is 28. The summed E-state index contributed by atoms with van der Waals surface area (Å²) < 4.78 is 33.9. The molecule has 0 aliphatic rings. The molecule has 0 atom stereocenters. The third kappa shape index (κ3) is 32.2. The van der Waals surface area contributed by atoms with E-state index in [9.17, 15) is 18.0 Å². The Kier molecular flexibility index (Phi) is 34.4. The van der Waals surface area contributed by atoms with Crippen LogP contribution < -0.4 is 0 Å². The summed E-state index contributed by atoms with van der Waals surface area (Å²) in [6, 6.07) is 0. The first kappa shape index (κ1) is 46.2. The molecule has 0 heterocycles. The smallest absolute Gasteiger partial charge is 0.394 e. The number of hydrogen-bond acceptors (Lipinski definition) is 7. The van der Waals surface area contributed by atoms with E-state index in [4.69, 9.17) is 9.29 Å². The van der Waals surface area contributed by atoms with Gasteiger partial charge >= 0.3 is 10.4 Å². The lowest BCUT2D eigenvalue weighted by atomic mass is 9.99. The van der Waals surface area contributed by atoms with Gasteiger partial charge in [-0.25, -0.2) is 8.37 Å². The molecule has 0 aliphatic heterocycles. The van der Waals surface area contributed by atoms with Crippen LogP contribution in [-0.4, -0.2) is 44.4 Å². The molecule has 8 heteroatoms. The molecule has 0 radical (unpaired) electrons. The van der Waals surface area contributed by atoms with E-state index in [0.717, 1.165) is 38.5 Å². The lowest BCUT2D eigenvalue weighted by molar-refractivity contribution is -0.137. The van der Waals surface area contributed by atoms with Crippen LogP contribution in [0, 0.1) is 0 Å². The van der Waals surface area contributed by atoms with Crippen LogP contribution in [0.4, 0.5) is 0 Å². The Morgan fingerprint density at radius 1 is 0.468 bits per heavy atom. The zero-order valence-corrected chi connectivity index (χ0v) is 31.7. The van der Waals surface area contributed by atoms with Crippen molar-refractivity contribution < 1.29 is 31.5 Å². The lowest BCUT2D eigenvalue weighted by Crippen LogP contribution is -2.36. The van der Waals surface area contributed by atoms with E-state index in [1.807, 2.05) is 0 Å². The summed E-state index contributed by atoms with van der Waals surface area (Å²) in [7, 11) is -4.55. The van der Waals surface area contributed by atoms with E-state index in [2.05, 4.69) is 18.0 Å². The largest absolute Gasteiger partial charge is 0.401 e. The second-order valence-corrected chi connectivity index (χ2v) is 15.0. The molecule has 0 unspecified atom stereocenters. The van der Waals surface area contributed by atoms with E-state index in [-0.39, 0.29) is 12.8 Å². The normalized spacial score (nSPS) is 11.9. The molecule has 0 aromatic rings. The Labute approximate surface area is 291 Å². The fourth-order valence-electron chi connectivity index (χ4n) is 6.18. The minimum Gasteiger partial charge on any atom is -0.394 e. The van der Waals surface area contributed by atoms with Gasteiger partial charge in [-0.05, 0) is 12.8 Å². The number of carbonyl (C=O) groups is 2. The number of ketones is 2. The molecule has 280 valence electrons. The van der Waals surface area contributed by atoms with Crippen molar-refractivity contribution in [3.63, 3.8) is 0 Å².